The second-order valence-electron chi connectivity index (χ2n) is 4.80. The third kappa shape index (κ3) is 2.61. The number of aromatic nitrogens is 2. The van der Waals surface area contributed by atoms with E-state index in [0.717, 1.165) is 16.7 Å². The first-order valence-corrected chi connectivity index (χ1v) is 6.54. The van der Waals surface area contributed by atoms with Gasteiger partial charge < -0.3 is 15.4 Å². The highest BCUT2D eigenvalue weighted by Crippen LogP contribution is 2.17. The molecule has 1 aromatic carbocycles. The molecule has 6 nitrogen and oxygen atoms in total. The van der Waals surface area contributed by atoms with E-state index in [-0.39, 0.29) is 18.1 Å². The normalized spacial score (nSPS) is 22.1. The molecule has 1 aromatic heterocycles. The van der Waals surface area contributed by atoms with Gasteiger partial charge in [0.25, 0.3) is 0 Å². The van der Waals surface area contributed by atoms with Crippen molar-refractivity contribution in [1.82, 2.24) is 15.3 Å². The summed E-state index contributed by atoms with van der Waals surface area (Å²) in [6.07, 6.45) is 4.08. The van der Waals surface area contributed by atoms with Crippen LogP contribution in [0.5, 0.6) is 0 Å². The lowest BCUT2D eigenvalue weighted by atomic mass is 10.2. The first kappa shape index (κ1) is 13.0. The molecule has 2 atom stereocenters. The van der Waals surface area contributed by atoms with Crippen LogP contribution in [-0.2, 0) is 9.53 Å². The van der Waals surface area contributed by atoms with Crippen molar-refractivity contribution < 1.29 is 9.53 Å². The molecular weight excluding hydrogens is 256 g/mol. The van der Waals surface area contributed by atoms with Crippen LogP contribution >= 0.6 is 0 Å². The van der Waals surface area contributed by atoms with Crippen LogP contribution in [0.2, 0.25) is 0 Å². The highest BCUT2D eigenvalue weighted by atomic mass is 16.5. The Balaban J connectivity index is 1.71. The van der Waals surface area contributed by atoms with Crippen molar-refractivity contribution in [3.8, 4) is 0 Å². The molecule has 3 rings (SSSR count). The molecule has 1 fully saturated rings. The monoisotopic (exact) mass is 272 g/mol. The van der Waals surface area contributed by atoms with Gasteiger partial charge in [-0.05, 0) is 24.6 Å². The van der Waals surface area contributed by atoms with E-state index in [1.165, 1.54) is 0 Å². The maximum Gasteiger partial charge on any atom is 0.241 e. The van der Waals surface area contributed by atoms with Gasteiger partial charge in [-0.1, -0.05) is 0 Å². The minimum atomic E-state index is -0.211. The fraction of sp³-hybridized carbons (Fsp3) is 0.357. The number of nitrogens with zero attached hydrogens (tertiary/aromatic N) is 2. The summed E-state index contributed by atoms with van der Waals surface area (Å²) in [4.78, 5) is 20.6. The van der Waals surface area contributed by atoms with Gasteiger partial charge in [-0.15, -0.1) is 0 Å². The van der Waals surface area contributed by atoms with Gasteiger partial charge in [0.05, 0.1) is 23.2 Å². The molecule has 104 valence electrons. The number of fused-ring (bicyclic) bond motifs is 1. The molecule has 2 N–H and O–H groups in total. The standard InChI is InChI=1S/C14H16N4O2/c1-20-10-7-13(17-8-10)14(19)18-9-2-3-11-12(6-9)16-5-4-15-11/h2-6,10,13,17H,7-8H2,1H3,(H,18,19). The van der Waals surface area contributed by atoms with Gasteiger partial charge in [0.15, 0.2) is 0 Å². The molecule has 0 aliphatic carbocycles. The van der Waals surface area contributed by atoms with Crippen molar-refractivity contribution in [2.45, 2.75) is 18.6 Å². The molecule has 0 spiro atoms. The fourth-order valence-corrected chi connectivity index (χ4v) is 2.35. The lowest BCUT2D eigenvalue weighted by molar-refractivity contribution is -0.118. The molecule has 2 unspecified atom stereocenters. The summed E-state index contributed by atoms with van der Waals surface area (Å²) in [7, 11) is 1.66. The van der Waals surface area contributed by atoms with Crippen molar-refractivity contribution in [2.24, 2.45) is 0 Å². The summed E-state index contributed by atoms with van der Waals surface area (Å²) in [5, 5.41) is 6.05. The van der Waals surface area contributed by atoms with Gasteiger partial charge in [0, 0.05) is 31.7 Å². The van der Waals surface area contributed by atoms with Gasteiger partial charge in [-0.25, -0.2) is 0 Å². The Labute approximate surface area is 116 Å². The maximum absolute atomic E-state index is 12.1. The van der Waals surface area contributed by atoms with Crippen molar-refractivity contribution in [3.05, 3.63) is 30.6 Å². The average molecular weight is 272 g/mol. The third-order valence-corrected chi connectivity index (χ3v) is 3.48. The molecule has 1 amide bonds. The maximum atomic E-state index is 12.1. The number of anilines is 1. The zero-order valence-corrected chi connectivity index (χ0v) is 11.2. The van der Waals surface area contributed by atoms with Crippen molar-refractivity contribution in [3.63, 3.8) is 0 Å². The number of rotatable bonds is 3. The Morgan fingerprint density at radius 1 is 1.35 bits per heavy atom. The second-order valence-corrected chi connectivity index (χ2v) is 4.80. The predicted molar refractivity (Wildman–Crippen MR) is 75.4 cm³/mol. The molecule has 2 heterocycles. The number of hydrogen-bond acceptors (Lipinski definition) is 5. The molecule has 2 aromatic rings. The molecule has 1 aliphatic rings. The fourth-order valence-electron chi connectivity index (χ4n) is 2.35. The van der Waals surface area contributed by atoms with Gasteiger partial charge in [-0.3, -0.25) is 14.8 Å². The van der Waals surface area contributed by atoms with Gasteiger partial charge in [0.1, 0.15) is 0 Å². The van der Waals surface area contributed by atoms with Gasteiger partial charge >= 0.3 is 0 Å². The quantitative estimate of drug-likeness (QED) is 0.870. The van der Waals surface area contributed by atoms with Crippen LogP contribution < -0.4 is 10.6 Å². The number of ether oxygens (including phenoxy) is 1. The third-order valence-electron chi connectivity index (χ3n) is 3.48. The van der Waals surface area contributed by atoms with Crippen LogP contribution in [0.25, 0.3) is 11.0 Å². The Hall–Kier alpha value is -2.05. The number of methoxy groups -OCH3 is 1. The summed E-state index contributed by atoms with van der Waals surface area (Å²) in [5.74, 6) is -0.0483. The van der Waals surface area contributed by atoms with Crippen molar-refractivity contribution in [1.29, 1.82) is 0 Å². The number of hydrogen-bond donors (Lipinski definition) is 2. The Morgan fingerprint density at radius 2 is 2.15 bits per heavy atom. The summed E-state index contributed by atoms with van der Waals surface area (Å²) in [6, 6.07) is 5.29. The summed E-state index contributed by atoms with van der Waals surface area (Å²) in [6.45, 7) is 0.706. The minimum absolute atomic E-state index is 0.0483. The van der Waals surface area contributed by atoms with Crippen LogP contribution in [-0.4, -0.2) is 41.7 Å². The zero-order valence-electron chi connectivity index (χ0n) is 11.2. The molecule has 0 bridgehead atoms. The lowest BCUT2D eigenvalue weighted by Gasteiger charge is -2.11. The molecule has 6 heteroatoms. The van der Waals surface area contributed by atoms with Crippen molar-refractivity contribution >= 4 is 22.6 Å². The van der Waals surface area contributed by atoms with Gasteiger partial charge in [-0.2, -0.15) is 0 Å². The minimum Gasteiger partial charge on any atom is -0.380 e. The number of carbonyl (C=O) groups excluding carboxylic acids is 1. The molecule has 20 heavy (non-hydrogen) atoms. The Morgan fingerprint density at radius 3 is 2.90 bits per heavy atom. The summed E-state index contributed by atoms with van der Waals surface area (Å²) >= 11 is 0. The van der Waals surface area contributed by atoms with E-state index in [0.29, 0.717) is 13.0 Å². The van der Waals surface area contributed by atoms with Crippen LogP contribution in [0, 0.1) is 0 Å². The van der Waals surface area contributed by atoms with E-state index in [4.69, 9.17) is 4.74 Å². The van der Waals surface area contributed by atoms with E-state index in [1.54, 1.807) is 19.5 Å². The van der Waals surface area contributed by atoms with E-state index in [1.807, 2.05) is 18.2 Å². The summed E-state index contributed by atoms with van der Waals surface area (Å²) < 4.78 is 5.24. The number of amides is 1. The van der Waals surface area contributed by atoms with Crippen LogP contribution in [0.3, 0.4) is 0 Å². The molecule has 1 aliphatic heterocycles. The molecular formula is C14H16N4O2. The number of carbonyl (C=O) groups is 1. The highest BCUT2D eigenvalue weighted by Gasteiger charge is 2.29. The zero-order chi connectivity index (χ0) is 13.9. The van der Waals surface area contributed by atoms with Crippen LogP contribution in [0.1, 0.15) is 6.42 Å². The topological polar surface area (TPSA) is 76.1 Å². The van der Waals surface area contributed by atoms with E-state index >= 15 is 0 Å². The van der Waals surface area contributed by atoms with Crippen LogP contribution in [0.4, 0.5) is 5.69 Å². The first-order valence-electron chi connectivity index (χ1n) is 6.54. The smallest absolute Gasteiger partial charge is 0.241 e. The van der Waals surface area contributed by atoms with Crippen molar-refractivity contribution in [2.75, 3.05) is 19.0 Å². The largest absolute Gasteiger partial charge is 0.380 e. The predicted octanol–water partition coefficient (Wildman–Crippen LogP) is 0.945. The Bertz CT molecular complexity index is 631. The highest BCUT2D eigenvalue weighted by molar-refractivity contribution is 5.96. The average Bonchev–Trinajstić information content (AvgIpc) is 2.96. The van der Waals surface area contributed by atoms with E-state index in [9.17, 15) is 4.79 Å². The second kappa shape index (κ2) is 5.52. The van der Waals surface area contributed by atoms with E-state index in [2.05, 4.69) is 20.6 Å². The SMILES string of the molecule is COC1CNC(C(=O)Nc2ccc3nccnc3c2)C1. The number of nitrogens with one attached hydrogen (secondary N) is 2. The molecule has 1 saturated heterocycles. The lowest BCUT2D eigenvalue weighted by Crippen LogP contribution is -2.35. The summed E-state index contributed by atoms with van der Waals surface area (Å²) in [5.41, 5.74) is 2.30. The first-order chi connectivity index (χ1) is 9.76. The molecule has 0 radical (unpaired) electrons. The number of benzene rings is 1. The molecule has 0 saturated carbocycles. The van der Waals surface area contributed by atoms with Crippen LogP contribution in [0.15, 0.2) is 30.6 Å². The van der Waals surface area contributed by atoms with E-state index < -0.39 is 0 Å². The Kier molecular flexibility index (Phi) is 3.58. The van der Waals surface area contributed by atoms with Gasteiger partial charge in [0.2, 0.25) is 5.91 Å².